The number of nitrogens with two attached hydrogens (primary N) is 1. The summed E-state index contributed by atoms with van der Waals surface area (Å²) < 4.78 is 5.20. The van der Waals surface area contributed by atoms with Gasteiger partial charge in [-0.1, -0.05) is 0 Å². The average Bonchev–Trinajstić information content (AvgIpc) is 2.44. The summed E-state index contributed by atoms with van der Waals surface area (Å²) in [7, 11) is 0. The summed E-state index contributed by atoms with van der Waals surface area (Å²) >= 11 is 1.33. The van der Waals surface area contributed by atoms with Gasteiger partial charge < -0.3 is 10.5 Å². The number of anilines is 1. The van der Waals surface area contributed by atoms with Crippen LogP contribution in [0.15, 0.2) is 11.4 Å². The molecule has 0 bridgehead atoms. The first-order valence-corrected chi connectivity index (χ1v) is 5.18. The van der Waals surface area contributed by atoms with Crippen molar-refractivity contribution >= 4 is 23.0 Å². The normalized spacial score (nSPS) is 16.6. The highest BCUT2D eigenvalue weighted by Crippen LogP contribution is 2.25. The third-order valence-corrected chi connectivity index (χ3v) is 3.08. The van der Waals surface area contributed by atoms with Gasteiger partial charge in [0.05, 0.1) is 0 Å². The van der Waals surface area contributed by atoms with E-state index in [1.807, 2.05) is 0 Å². The molecule has 1 aromatic heterocycles. The molecule has 0 amide bonds. The largest absolute Gasteiger partial charge is 0.458 e. The first-order chi connectivity index (χ1) is 6.25. The second kappa shape index (κ2) is 3.38. The van der Waals surface area contributed by atoms with Gasteiger partial charge in [-0.05, 0) is 25.3 Å². The second-order valence-corrected chi connectivity index (χ2v) is 4.11. The molecule has 0 spiro atoms. The van der Waals surface area contributed by atoms with Crippen LogP contribution in [0.4, 0.5) is 5.69 Å². The molecule has 1 aliphatic rings. The van der Waals surface area contributed by atoms with Crippen LogP contribution in [0.1, 0.15) is 28.9 Å². The summed E-state index contributed by atoms with van der Waals surface area (Å²) in [5.41, 5.74) is 6.13. The fourth-order valence-electron chi connectivity index (χ4n) is 1.16. The SMILES string of the molecule is Nc1csc(C(=O)OC2CCC2)c1. The molecule has 1 heterocycles. The lowest BCUT2D eigenvalue weighted by Gasteiger charge is -2.24. The molecule has 1 fully saturated rings. The standard InChI is InChI=1S/C9H11NO2S/c10-6-4-8(13-5-6)9(11)12-7-2-1-3-7/h4-5,7H,1-3,10H2. The van der Waals surface area contributed by atoms with E-state index >= 15 is 0 Å². The molecule has 1 saturated carbocycles. The Balaban J connectivity index is 1.96. The van der Waals surface area contributed by atoms with Gasteiger partial charge >= 0.3 is 5.97 Å². The highest BCUT2D eigenvalue weighted by Gasteiger charge is 2.22. The zero-order valence-corrected chi connectivity index (χ0v) is 7.97. The van der Waals surface area contributed by atoms with Crippen molar-refractivity contribution in [2.24, 2.45) is 0 Å². The van der Waals surface area contributed by atoms with Crippen LogP contribution in [0, 0.1) is 0 Å². The van der Waals surface area contributed by atoms with E-state index in [1.165, 1.54) is 17.8 Å². The number of carbonyl (C=O) groups excluding carboxylic acids is 1. The number of esters is 1. The zero-order valence-electron chi connectivity index (χ0n) is 7.16. The number of rotatable bonds is 2. The molecule has 2 N–H and O–H groups in total. The molecule has 70 valence electrons. The van der Waals surface area contributed by atoms with Gasteiger partial charge in [-0.3, -0.25) is 0 Å². The molecule has 2 rings (SSSR count). The molecular formula is C9H11NO2S. The van der Waals surface area contributed by atoms with Crippen LogP contribution in [0.25, 0.3) is 0 Å². The zero-order chi connectivity index (χ0) is 9.26. The highest BCUT2D eigenvalue weighted by atomic mass is 32.1. The number of hydrogen-bond donors (Lipinski definition) is 1. The summed E-state index contributed by atoms with van der Waals surface area (Å²) in [6.45, 7) is 0. The van der Waals surface area contributed by atoms with Crippen molar-refractivity contribution in [3.63, 3.8) is 0 Å². The van der Waals surface area contributed by atoms with E-state index in [9.17, 15) is 4.79 Å². The Morgan fingerprint density at radius 2 is 2.38 bits per heavy atom. The third-order valence-electron chi connectivity index (χ3n) is 2.15. The maximum absolute atomic E-state index is 11.4. The molecule has 0 aromatic carbocycles. The van der Waals surface area contributed by atoms with Crippen LogP contribution in [0.5, 0.6) is 0 Å². The molecule has 1 aliphatic carbocycles. The van der Waals surface area contributed by atoms with Crippen molar-refractivity contribution in [2.75, 3.05) is 5.73 Å². The van der Waals surface area contributed by atoms with Gasteiger partial charge in [-0.2, -0.15) is 0 Å². The van der Waals surface area contributed by atoms with Crippen LogP contribution in [-0.4, -0.2) is 12.1 Å². The monoisotopic (exact) mass is 197 g/mol. The minimum absolute atomic E-state index is 0.149. The topological polar surface area (TPSA) is 52.3 Å². The van der Waals surface area contributed by atoms with E-state index in [1.54, 1.807) is 11.4 Å². The summed E-state index contributed by atoms with van der Waals surface area (Å²) in [6, 6.07) is 1.66. The molecule has 0 atom stereocenters. The van der Waals surface area contributed by atoms with Gasteiger partial charge in [0.15, 0.2) is 0 Å². The minimum Gasteiger partial charge on any atom is -0.458 e. The Kier molecular flexibility index (Phi) is 2.22. The van der Waals surface area contributed by atoms with Crippen molar-refractivity contribution in [3.05, 3.63) is 16.3 Å². The summed E-state index contributed by atoms with van der Waals surface area (Å²) in [4.78, 5) is 12.0. The first kappa shape index (κ1) is 8.56. The number of carbonyl (C=O) groups is 1. The third kappa shape index (κ3) is 1.83. The Hall–Kier alpha value is -1.03. The average molecular weight is 197 g/mol. The maximum atomic E-state index is 11.4. The smallest absolute Gasteiger partial charge is 0.348 e. The Morgan fingerprint density at radius 1 is 1.62 bits per heavy atom. The number of ether oxygens (including phenoxy) is 1. The second-order valence-electron chi connectivity index (χ2n) is 3.20. The predicted octanol–water partition coefficient (Wildman–Crippen LogP) is 2.04. The Bertz CT molecular complexity index is 317. The lowest BCUT2D eigenvalue weighted by Crippen LogP contribution is -2.24. The van der Waals surface area contributed by atoms with Gasteiger partial charge in [0.25, 0.3) is 0 Å². The molecule has 4 heteroatoms. The van der Waals surface area contributed by atoms with Crippen molar-refractivity contribution in [3.8, 4) is 0 Å². The number of thiophene rings is 1. The summed E-state index contributed by atoms with van der Waals surface area (Å²) in [6.07, 6.45) is 3.33. The van der Waals surface area contributed by atoms with Crippen LogP contribution in [-0.2, 0) is 4.74 Å². The van der Waals surface area contributed by atoms with Crippen LogP contribution >= 0.6 is 11.3 Å². The van der Waals surface area contributed by atoms with E-state index < -0.39 is 0 Å². The lowest BCUT2D eigenvalue weighted by molar-refractivity contribution is 0.00956. The fourth-order valence-corrected chi connectivity index (χ4v) is 1.84. The van der Waals surface area contributed by atoms with Crippen LogP contribution < -0.4 is 5.73 Å². The molecule has 0 radical (unpaired) electrons. The Labute approximate surface area is 80.5 Å². The van der Waals surface area contributed by atoms with E-state index in [4.69, 9.17) is 10.5 Å². The number of hydrogen-bond acceptors (Lipinski definition) is 4. The lowest BCUT2D eigenvalue weighted by atomic mass is 9.96. The van der Waals surface area contributed by atoms with E-state index in [2.05, 4.69) is 0 Å². The number of nitrogen functional groups attached to an aromatic ring is 1. The molecule has 3 nitrogen and oxygen atoms in total. The van der Waals surface area contributed by atoms with Crippen LogP contribution in [0.3, 0.4) is 0 Å². The predicted molar refractivity (Wildman–Crippen MR) is 51.8 cm³/mol. The van der Waals surface area contributed by atoms with E-state index in [0.717, 1.165) is 12.8 Å². The summed E-state index contributed by atoms with van der Waals surface area (Å²) in [5, 5.41) is 1.75. The van der Waals surface area contributed by atoms with Crippen LogP contribution in [0.2, 0.25) is 0 Å². The Morgan fingerprint density at radius 3 is 2.85 bits per heavy atom. The van der Waals surface area contributed by atoms with Crippen molar-refractivity contribution in [1.29, 1.82) is 0 Å². The van der Waals surface area contributed by atoms with Crippen molar-refractivity contribution < 1.29 is 9.53 Å². The molecule has 0 unspecified atom stereocenters. The molecule has 0 saturated heterocycles. The highest BCUT2D eigenvalue weighted by molar-refractivity contribution is 7.12. The van der Waals surface area contributed by atoms with Gasteiger partial charge in [0.2, 0.25) is 0 Å². The van der Waals surface area contributed by atoms with Gasteiger partial charge in [0, 0.05) is 11.1 Å². The van der Waals surface area contributed by atoms with Crippen molar-refractivity contribution in [2.45, 2.75) is 25.4 Å². The molecule has 0 aliphatic heterocycles. The van der Waals surface area contributed by atoms with Gasteiger partial charge in [0.1, 0.15) is 11.0 Å². The summed E-state index contributed by atoms with van der Waals surface area (Å²) in [5.74, 6) is -0.230. The minimum atomic E-state index is -0.230. The van der Waals surface area contributed by atoms with Gasteiger partial charge in [-0.25, -0.2) is 4.79 Å². The molecule has 1 aromatic rings. The fraction of sp³-hybridized carbons (Fsp3) is 0.444. The molecular weight excluding hydrogens is 186 g/mol. The van der Waals surface area contributed by atoms with E-state index in [0.29, 0.717) is 10.6 Å². The van der Waals surface area contributed by atoms with Gasteiger partial charge in [-0.15, -0.1) is 11.3 Å². The van der Waals surface area contributed by atoms with Crippen molar-refractivity contribution in [1.82, 2.24) is 0 Å². The van der Waals surface area contributed by atoms with E-state index in [-0.39, 0.29) is 12.1 Å². The molecule has 13 heavy (non-hydrogen) atoms. The quantitative estimate of drug-likeness (QED) is 0.738. The first-order valence-electron chi connectivity index (χ1n) is 4.30. The maximum Gasteiger partial charge on any atom is 0.348 e.